The molecule has 4 heteroatoms. The van der Waals surface area contributed by atoms with E-state index in [0.29, 0.717) is 12.0 Å². The quantitative estimate of drug-likeness (QED) is 0.735. The van der Waals surface area contributed by atoms with Gasteiger partial charge in [0.25, 0.3) is 5.43 Å². The van der Waals surface area contributed by atoms with Crippen molar-refractivity contribution >= 4 is 11.6 Å². The average molecular weight is 314 g/mol. The second-order valence-electron chi connectivity index (χ2n) is 5.69. The highest BCUT2D eigenvalue weighted by Crippen LogP contribution is 2.30. The summed E-state index contributed by atoms with van der Waals surface area (Å²) in [6.45, 7) is 5.71. The zero-order valence-electron chi connectivity index (χ0n) is 14.0. The van der Waals surface area contributed by atoms with Gasteiger partial charge in [0.05, 0.1) is 18.8 Å². The number of benzene rings is 1. The smallest absolute Gasteiger partial charge is 0.268 e. The SMILES string of the molecule is CCC/C(=C\c1ccccc1OC)c1c(OC(C)C)c(=O)c1=O. The van der Waals surface area contributed by atoms with E-state index in [-0.39, 0.29) is 11.9 Å². The largest absolute Gasteiger partial charge is 0.496 e. The Labute approximate surface area is 136 Å². The molecule has 0 unspecified atom stereocenters. The molecular weight excluding hydrogens is 292 g/mol. The Hall–Kier alpha value is -2.36. The molecule has 0 N–H and O–H groups in total. The van der Waals surface area contributed by atoms with E-state index in [1.54, 1.807) is 7.11 Å². The molecule has 2 rings (SSSR count). The first-order valence-corrected chi connectivity index (χ1v) is 7.83. The highest BCUT2D eigenvalue weighted by atomic mass is 16.5. The fraction of sp³-hybridized carbons (Fsp3) is 0.368. The van der Waals surface area contributed by atoms with Gasteiger partial charge in [-0.2, -0.15) is 0 Å². The molecule has 0 amide bonds. The van der Waals surface area contributed by atoms with E-state index in [9.17, 15) is 9.59 Å². The van der Waals surface area contributed by atoms with Crippen molar-refractivity contribution in [1.82, 2.24) is 0 Å². The van der Waals surface area contributed by atoms with Crippen LogP contribution in [0.25, 0.3) is 11.6 Å². The summed E-state index contributed by atoms with van der Waals surface area (Å²) in [6, 6.07) is 7.58. The summed E-state index contributed by atoms with van der Waals surface area (Å²) in [7, 11) is 1.61. The third kappa shape index (κ3) is 3.52. The number of hydrogen-bond acceptors (Lipinski definition) is 4. The summed E-state index contributed by atoms with van der Waals surface area (Å²) in [6.07, 6.45) is 3.32. The fourth-order valence-electron chi connectivity index (χ4n) is 2.52. The van der Waals surface area contributed by atoms with Gasteiger partial charge in [0, 0.05) is 5.56 Å². The van der Waals surface area contributed by atoms with Crippen LogP contribution in [0.15, 0.2) is 33.9 Å². The molecule has 2 aromatic rings. The third-order valence-corrected chi connectivity index (χ3v) is 3.53. The summed E-state index contributed by atoms with van der Waals surface area (Å²) in [4.78, 5) is 23.9. The molecule has 2 aromatic carbocycles. The molecule has 0 bridgehead atoms. The van der Waals surface area contributed by atoms with Gasteiger partial charge < -0.3 is 9.47 Å². The van der Waals surface area contributed by atoms with Gasteiger partial charge in [-0.15, -0.1) is 0 Å². The maximum atomic E-state index is 12.1. The highest BCUT2D eigenvalue weighted by Gasteiger charge is 2.26. The van der Waals surface area contributed by atoms with Crippen molar-refractivity contribution in [3.8, 4) is 11.5 Å². The summed E-state index contributed by atoms with van der Waals surface area (Å²) < 4.78 is 10.9. The predicted octanol–water partition coefficient (Wildman–Crippen LogP) is 3.42. The van der Waals surface area contributed by atoms with E-state index < -0.39 is 10.9 Å². The number of para-hydroxylation sites is 1. The molecule has 4 nitrogen and oxygen atoms in total. The van der Waals surface area contributed by atoms with E-state index in [4.69, 9.17) is 9.47 Å². The van der Waals surface area contributed by atoms with Crippen LogP contribution in [-0.4, -0.2) is 13.2 Å². The Morgan fingerprint density at radius 2 is 1.87 bits per heavy atom. The highest BCUT2D eigenvalue weighted by molar-refractivity contribution is 5.86. The van der Waals surface area contributed by atoms with Crippen LogP contribution < -0.4 is 20.3 Å². The molecule has 0 radical (unpaired) electrons. The van der Waals surface area contributed by atoms with Gasteiger partial charge in [-0.05, 0) is 38.0 Å². The van der Waals surface area contributed by atoms with Crippen LogP contribution in [0.3, 0.4) is 0 Å². The van der Waals surface area contributed by atoms with E-state index in [1.165, 1.54) is 0 Å². The molecule has 0 saturated carbocycles. The maximum absolute atomic E-state index is 12.1. The van der Waals surface area contributed by atoms with E-state index in [1.807, 2.05) is 51.1 Å². The molecule has 0 aromatic heterocycles. The topological polar surface area (TPSA) is 52.6 Å². The number of hydrogen-bond donors (Lipinski definition) is 0. The molecule has 0 fully saturated rings. The van der Waals surface area contributed by atoms with Crippen molar-refractivity contribution in [2.45, 2.75) is 39.7 Å². The maximum Gasteiger partial charge on any atom is 0.268 e. The first-order chi connectivity index (χ1) is 11.0. The lowest BCUT2D eigenvalue weighted by molar-refractivity contribution is 0.236. The number of methoxy groups -OCH3 is 1. The monoisotopic (exact) mass is 314 g/mol. The van der Waals surface area contributed by atoms with Crippen LogP contribution in [0.4, 0.5) is 0 Å². The van der Waals surface area contributed by atoms with Gasteiger partial charge in [-0.1, -0.05) is 31.5 Å². The minimum atomic E-state index is -0.532. The van der Waals surface area contributed by atoms with Crippen molar-refractivity contribution in [3.05, 3.63) is 55.8 Å². The molecule has 0 heterocycles. The van der Waals surface area contributed by atoms with Crippen LogP contribution in [0.2, 0.25) is 0 Å². The van der Waals surface area contributed by atoms with E-state index in [0.717, 1.165) is 23.3 Å². The molecule has 0 atom stereocenters. The first kappa shape index (κ1) is 17.0. The van der Waals surface area contributed by atoms with Gasteiger partial charge in [0.15, 0.2) is 5.75 Å². The Morgan fingerprint density at radius 3 is 2.48 bits per heavy atom. The Kier molecular flexibility index (Phi) is 5.37. The summed E-state index contributed by atoms with van der Waals surface area (Å²) in [5.74, 6) is 0.922. The second-order valence-corrected chi connectivity index (χ2v) is 5.69. The van der Waals surface area contributed by atoms with Gasteiger partial charge in [-0.25, -0.2) is 0 Å². The molecule has 0 spiro atoms. The Balaban J connectivity index is 2.52. The molecular formula is C19H22O4. The molecule has 122 valence electrons. The van der Waals surface area contributed by atoms with Crippen molar-refractivity contribution in [3.63, 3.8) is 0 Å². The number of allylic oxidation sites excluding steroid dienone is 1. The van der Waals surface area contributed by atoms with Gasteiger partial charge in [-0.3, -0.25) is 9.59 Å². The fourth-order valence-corrected chi connectivity index (χ4v) is 2.52. The molecule has 0 aliphatic carbocycles. The Morgan fingerprint density at radius 1 is 1.17 bits per heavy atom. The van der Waals surface area contributed by atoms with Crippen LogP contribution in [-0.2, 0) is 0 Å². The zero-order valence-corrected chi connectivity index (χ0v) is 14.0. The van der Waals surface area contributed by atoms with Crippen LogP contribution in [0.1, 0.15) is 44.7 Å². The minimum Gasteiger partial charge on any atom is -0.496 e. The Bertz CT molecular complexity index is 777. The summed E-state index contributed by atoms with van der Waals surface area (Å²) >= 11 is 0. The summed E-state index contributed by atoms with van der Waals surface area (Å²) in [5.41, 5.74) is 1.11. The van der Waals surface area contributed by atoms with Gasteiger partial charge in [0.1, 0.15) is 5.75 Å². The molecule has 0 aliphatic rings. The number of rotatable bonds is 7. The van der Waals surface area contributed by atoms with Crippen molar-refractivity contribution in [2.24, 2.45) is 0 Å². The van der Waals surface area contributed by atoms with Gasteiger partial charge >= 0.3 is 0 Å². The average Bonchev–Trinajstić information content (AvgIpc) is 2.54. The molecule has 23 heavy (non-hydrogen) atoms. The normalized spacial score (nSPS) is 12.0. The van der Waals surface area contributed by atoms with Gasteiger partial charge in [0.2, 0.25) is 5.43 Å². The van der Waals surface area contributed by atoms with Crippen molar-refractivity contribution in [2.75, 3.05) is 7.11 Å². The van der Waals surface area contributed by atoms with Crippen molar-refractivity contribution in [1.29, 1.82) is 0 Å². The first-order valence-electron chi connectivity index (χ1n) is 7.83. The lowest BCUT2D eigenvalue weighted by atomic mass is 9.94. The lowest BCUT2D eigenvalue weighted by Gasteiger charge is -2.17. The van der Waals surface area contributed by atoms with Crippen LogP contribution in [0.5, 0.6) is 11.5 Å². The van der Waals surface area contributed by atoms with Crippen LogP contribution >= 0.6 is 0 Å². The van der Waals surface area contributed by atoms with Crippen molar-refractivity contribution < 1.29 is 9.47 Å². The zero-order chi connectivity index (χ0) is 17.0. The number of ether oxygens (including phenoxy) is 2. The lowest BCUT2D eigenvalue weighted by Crippen LogP contribution is -2.37. The second kappa shape index (κ2) is 7.27. The summed E-state index contributed by atoms with van der Waals surface area (Å²) in [5, 5.41) is 0. The predicted molar refractivity (Wildman–Crippen MR) is 92.9 cm³/mol. The standard InChI is InChI=1S/C19H22O4/c1-5-8-14(11-13-9-6-7-10-15(13)22-4)16-17(20)18(21)19(16)23-12(2)3/h6-7,9-12H,5,8H2,1-4H3/b14-11+. The molecule has 0 aliphatic heterocycles. The van der Waals surface area contributed by atoms with E-state index >= 15 is 0 Å². The van der Waals surface area contributed by atoms with E-state index in [2.05, 4.69) is 0 Å². The minimum absolute atomic E-state index is 0.147. The van der Waals surface area contributed by atoms with Crippen LogP contribution in [0, 0.1) is 0 Å². The molecule has 0 saturated heterocycles. The third-order valence-electron chi connectivity index (χ3n) is 3.53.